The van der Waals surface area contributed by atoms with Crippen LogP contribution >= 0.6 is 11.3 Å². The number of methoxy groups -OCH3 is 1. The fourth-order valence-electron chi connectivity index (χ4n) is 3.55. The zero-order valence-corrected chi connectivity index (χ0v) is 17.4. The monoisotopic (exact) mass is 414 g/mol. The molecule has 1 saturated carbocycles. The van der Waals surface area contributed by atoms with Crippen LogP contribution in [0.2, 0.25) is 0 Å². The van der Waals surface area contributed by atoms with Crippen molar-refractivity contribution in [3.05, 3.63) is 46.2 Å². The molecule has 29 heavy (non-hydrogen) atoms. The molecule has 0 atom stereocenters. The number of likely N-dealkylation sites (tertiary alicyclic amines) is 1. The molecule has 0 radical (unpaired) electrons. The van der Waals surface area contributed by atoms with E-state index in [4.69, 9.17) is 9.47 Å². The maximum absolute atomic E-state index is 12.8. The molecule has 2 aliphatic rings. The third-order valence-corrected chi connectivity index (χ3v) is 6.17. The van der Waals surface area contributed by atoms with Crippen molar-refractivity contribution < 1.29 is 19.1 Å². The van der Waals surface area contributed by atoms with Gasteiger partial charge in [0.2, 0.25) is 5.91 Å². The van der Waals surface area contributed by atoms with Gasteiger partial charge in [0.15, 0.2) is 0 Å². The minimum atomic E-state index is -0.188. The lowest BCUT2D eigenvalue weighted by Gasteiger charge is -2.32. The summed E-state index contributed by atoms with van der Waals surface area (Å²) in [5.74, 6) is 1.53. The van der Waals surface area contributed by atoms with Crippen LogP contribution < -0.4 is 14.8 Å². The van der Waals surface area contributed by atoms with E-state index in [-0.39, 0.29) is 17.9 Å². The molecule has 4 rings (SSSR count). The average Bonchev–Trinajstić information content (AvgIpc) is 3.47. The Balaban J connectivity index is 1.40. The van der Waals surface area contributed by atoms with Gasteiger partial charge in [0.05, 0.1) is 12.7 Å². The summed E-state index contributed by atoms with van der Waals surface area (Å²) in [6.45, 7) is 1.91. The molecular formula is C22H26N2O4S. The third-order valence-electron chi connectivity index (χ3n) is 5.44. The molecule has 0 bridgehead atoms. The molecule has 2 heterocycles. The van der Waals surface area contributed by atoms with Crippen molar-refractivity contribution in [3.8, 4) is 11.5 Å². The maximum Gasteiger partial charge on any atom is 0.255 e. The number of hydrogen-bond acceptors (Lipinski definition) is 5. The Kier molecular flexibility index (Phi) is 6.04. The zero-order chi connectivity index (χ0) is 20.2. The molecule has 1 aliphatic carbocycles. The molecule has 2 aromatic rings. The number of amides is 2. The van der Waals surface area contributed by atoms with Crippen LogP contribution in [0.5, 0.6) is 11.5 Å². The largest absolute Gasteiger partial charge is 0.497 e. The van der Waals surface area contributed by atoms with Gasteiger partial charge in [-0.3, -0.25) is 9.59 Å². The van der Waals surface area contributed by atoms with Gasteiger partial charge in [0.25, 0.3) is 5.91 Å². The molecule has 1 aromatic carbocycles. The normalized spacial score (nSPS) is 17.1. The van der Waals surface area contributed by atoms with E-state index < -0.39 is 0 Å². The van der Waals surface area contributed by atoms with Crippen LogP contribution in [0.4, 0.5) is 0 Å². The van der Waals surface area contributed by atoms with Crippen molar-refractivity contribution >= 4 is 23.2 Å². The SMILES string of the molecule is COc1ccc(OC2CCN(C(=O)C3CC3)CC2)c(C(=O)NCc2ccsc2)c1. The zero-order valence-electron chi connectivity index (χ0n) is 16.6. The second-order valence-electron chi connectivity index (χ2n) is 7.59. The summed E-state index contributed by atoms with van der Waals surface area (Å²) in [7, 11) is 1.58. The molecular weight excluding hydrogens is 388 g/mol. The topological polar surface area (TPSA) is 67.9 Å². The van der Waals surface area contributed by atoms with E-state index in [1.165, 1.54) is 0 Å². The van der Waals surface area contributed by atoms with E-state index in [9.17, 15) is 9.59 Å². The molecule has 1 aromatic heterocycles. The highest BCUT2D eigenvalue weighted by Crippen LogP contribution is 2.33. The summed E-state index contributed by atoms with van der Waals surface area (Å²) >= 11 is 1.60. The van der Waals surface area contributed by atoms with E-state index in [1.807, 2.05) is 21.7 Å². The Morgan fingerprint density at radius 1 is 1.17 bits per heavy atom. The van der Waals surface area contributed by atoms with Crippen LogP contribution in [0.3, 0.4) is 0 Å². The lowest BCUT2D eigenvalue weighted by atomic mass is 10.1. The van der Waals surface area contributed by atoms with Gasteiger partial charge in [-0.2, -0.15) is 11.3 Å². The number of ether oxygens (including phenoxy) is 2. The fraction of sp³-hybridized carbons (Fsp3) is 0.455. The Hall–Kier alpha value is -2.54. The minimum absolute atomic E-state index is 0.00456. The van der Waals surface area contributed by atoms with Gasteiger partial charge in [0, 0.05) is 38.4 Å². The molecule has 7 heteroatoms. The Morgan fingerprint density at radius 2 is 1.97 bits per heavy atom. The van der Waals surface area contributed by atoms with Crippen molar-refractivity contribution in [1.29, 1.82) is 0 Å². The molecule has 1 aliphatic heterocycles. The summed E-state index contributed by atoms with van der Waals surface area (Å²) in [6, 6.07) is 7.30. The first-order valence-electron chi connectivity index (χ1n) is 10.1. The number of carbonyl (C=O) groups excluding carboxylic acids is 2. The van der Waals surface area contributed by atoms with E-state index in [0.717, 1.165) is 44.3 Å². The van der Waals surface area contributed by atoms with Gasteiger partial charge in [-0.05, 0) is 53.4 Å². The van der Waals surface area contributed by atoms with Gasteiger partial charge in [-0.25, -0.2) is 0 Å². The van der Waals surface area contributed by atoms with Crippen molar-refractivity contribution in [1.82, 2.24) is 10.2 Å². The Labute approximate surface area is 174 Å². The maximum atomic E-state index is 12.8. The molecule has 1 N–H and O–H groups in total. The number of carbonyl (C=O) groups is 2. The van der Waals surface area contributed by atoms with Gasteiger partial charge in [-0.1, -0.05) is 0 Å². The van der Waals surface area contributed by atoms with Crippen LogP contribution in [0, 0.1) is 5.92 Å². The molecule has 6 nitrogen and oxygen atoms in total. The second-order valence-corrected chi connectivity index (χ2v) is 8.37. The quantitative estimate of drug-likeness (QED) is 0.753. The summed E-state index contributed by atoms with van der Waals surface area (Å²) in [5.41, 5.74) is 1.54. The van der Waals surface area contributed by atoms with Crippen LogP contribution in [0.25, 0.3) is 0 Å². The lowest BCUT2D eigenvalue weighted by Crippen LogP contribution is -2.42. The summed E-state index contributed by atoms with van der Waals surface area (Å²) in [6.07, 6.45) is 3.62. The van der Waals surface area contributed by atoms with E-state index in [0.29, 0.717) is 29.5 Å². The van der Waals surface area contributed by atoms with Crippen molar-refractivity contribution in [3.63, 3.8) is 0 Å². The molecule has 154 valence electrons. The standard InChI is InChI=1S/C22H26N2O4S/c1-27-18-4-5-20(19(12-18)21(25)23-13-15-8-11-29-14-15)28-17-6-9-24(10-7-17)22(26)16-2-3-16/h4-5,8,11-12,14,16-17H,2-3,6-7,9-10,13H2,1H3,(H,23,25). The van der Waals surface area contributed by atoms with Crippen LogP contribution in [-0.4, -0.2) is 43.0 Å². The summed E-state index contributed by atoms with van der Waals surface area (Å²) in [5, 5.41) is 6.95. The lowest BCUT2D eigenvalue weighted by molar-refractivity contribution is -0.134. The van der Waals surface area contributed by atoms with Crippen LogP contribution in [0.1, 0.15) is 41.6 Å². The first kappa shape index (κ1) is 19.8. The Morgan fingerprint density at radius 3 is 2.62 bits per heavy atom. The molecule has 2 amide bonds. The van der Waals surface area contributed by atoms with Crippen molar-refractivity contribution in [2.24, 2.45) is 5.92 Å². The highest BCUT2D eigenvalue weighted by Gasteiger charge is 2.35. The van der Waals surface area contributed by atoms with E-state index >= 15 is 0 Å². The minimum Gasteiger partial charge on any atom is -0.497 e. The number of piperidine rings is 1. The number of thiophene rings is 1. The average molecular weight is 415 g/mol. The molecule has 0 unspecified atom stereocenters. The van der Waals surface area contributed by atoms with Gasteiger partial charge in [-0.15, -0.1) is 0 Å². The number of hydrogen-bond donors (Lipinski definition) is 1. The Bertz CT molecular complexity index is 856. The predicted molar refractivity (Wildman–Crippen MR) is 111 cm³/mol. The highest BCUT2D eigenvalue weighted by atomic mass is 32.1. The molecule has 0 spiro atoms. The van der Waals surface area contributed by atoms with Gasteiger partial charge >= 0.3 is 0 Å². The summed E-state index contributed by atoms with van der Waals surface area (Å²) in [4.78, 5) is 27.0. The van der Waals surface area contributed by atoms with Crippen molar-refractivity contribution in [2.45, 2.75) is 38.3 Å². The van der Waals surface area contributed by atoms with Gasteiger partial charge in [0.1, 0.15) is 17.6 Å². The van der Waals surface area contributed by atoms with E-state index in [1.54, 1.807) is 36.6 Å². The molecule has 1 saturated heterocycles. The van der Waals surface area contributed by atoms with E-state index in [2.05, 4.69) is 5.32 Å². The first-order valence-corrected chi connectivity index (χ1v) is 11.0. The van der Waals surface area contributed by atoms with Crippen molar-refractivity contribution in [2.75, 3.05) is 20.2 Å². The fourth-order valence-corrected chi connectivity index (χ4v) is 4.22. The number of rotatable bonds is 7. The van der Waals surface area contributed by atoms with Crippen LogP contribution in [-0.2, 0) is 11.3 Å². The second kappa shape index (κ2) is 8.86. The van der Waals surface area contributed by atoms with Gasteiger partial charge < -0.3 is 19.7 Å². The summed E-state index contributed by atoms with van der Waals surface area (Å²) < 4.78 is 11.5. The highest BCUT2D eigenvalue weighted by molar-refractivity contribution is 7.07. The first-order chi connectivity index (χ1) is 14.1. The smallest absolute Gasteiger partial charge is 0.255 e. The molecule has 2 fully saturated rings. The number of benzene rings is 1. The van der Waals surface area contributed by atoms with Crippen LogP contribution in [0.15, 0.2) is 35.0 Å². The number of nitrogens with zero attached hydrogens (tertiary/aromatic N) is 1. The number of nitrogens with one attached hydrogen (secondary N) is 1. The third kappa shape index (κ3) is 4.90. The predicted octanol–water partition coefficient (Wildman–Crippen LogP) is 3.47.